The van der Waals surface area contributed by atoms with Crippen LogP contribution in [0, 0.1) is 0 Å². The maximum Gasteiger partial charge on any atom is 0.333 e. The third-order valence-corrected chi connectivity index (χ3v) is 3.15. The number of hydrogen-bond acceptors (Lipinski definition) is 6. The number of alkyl halides is 1. The molecule has 8 amide bonds. The molecule has 2 aliphatic heterocycles. The van der Waals surface area contributed by atoms with Crippen molar-refractivity contribution in [3.8, 4) is 0 Å². The fourth-order valence-corrected chi connectivity index (χ4v) is 2.12. The standard InChI is InChI=1S/C11H7IN4O6/c12-9(13-10(21)15-5(17)1-2-6(15)18)14-11(22)16-7(19)3-4-8(16)20/h1-4,9H,(H,13,21)(H,14,22). The molecule has 0 aromatic carbocycles. The van der Waals surface area contributed by atoms with Gasteiger partial charge in [-0.05, 0) is 22.6 Å². The van der Waals surface area contributed by atoms with E-state index in [1.807, 2.05) is 0 Å². The number of nitrogens with one attached hydrogen (secondary N) is 2. The molecule has 0 spiro atoms. The van der Waals surface area contributed by atoms with Gasteiger partial charge in [0.05, 0.1) is 0 Å². The van der Waals surface area contributed by atoms with Gasteiger partial charge in [0.15, 0.2) is 4.17 Å². The molecule has 0 aromatic heterocycles. The second-order valence-corrected chi connectivity index (χ2v) is 5.20. The third-order valence-electron chi connectivity index (χ3n) is 2.53. The van der Waals surface area contributed by atoms with E-state index in [-0.39, 0.29) is 0 Å². The second-order valence-electron chi connectivity index (χ2n) is 3.95. The average Bonchev–Trinajstić information content (AvgIpc) is 2.92. The van der Waals surface area contributed by atoms with E-state index in [1.54, 1.807) is 22.6 Å². The van der Waals surface area contributed by atoms with Crippen LogP contribution >= 0.6 is 22.6 Å². The molecular formula is C11H7IN4O6. The molecule has 0 aromatic rings. The van der Waals surface area contributed by atoms with Crippen molar-refractivity contribution in [2.24, 2.45) is 0 Å². The summed E-state index contributed by atoms with van der Waals surface area (Å²) in [4.78, 5) is 69.3. The SMILES string of the molecule is O=C1C=CC(=O)N1C(=O)NC(I)NC(=O)N1C(=O)C=CC1=O. The summed E-state index contributed by atoms with van der Waals surface area (Å²) in [6.45, 7) is 0. The van der Waals surface area contributed by atoms with Crippen LogP contribution in [0.3, 0.4) is 0 Å². The molecule has 0 unspecified atom stereocenters. The molecular weight excluding hydrogens is 411 g/mol. The van der Waals surface area contributed by atoms with E-state index in [1.165, 1.54) is 0 Å². The van der Waals surface area contributed by atoms with Crippen molar-refractivity contribution in [1.29, 1.82) is 0 Å². The second kappa shape index (κ2) is 6.05. The quantitative estimate of drug-likeness (QED) is 0.194. The zero-order valence-electron chi connectivity index (χ0n) is 10.6. The van der Waals surface area contributed by atoms with Crippen LogP contribution in [0.4, 0.5) is 9.59 Å². The lowest BCUT2D eigenvalue weighted by molar-refractivity contribution is -0.134. The Labute approximate surface area is 136 Å². The first kappa shape index (κ1) is 15.8. The maximum absolute atomic E-state index is 11.7. The highest BCUT2D eigenvalue weighted by Crippen LogP contribution is 2.07. The van der Waals surface area contributed by atoms with Crippen molar-refractivity contribution >= 4 is 58.3 Å². The molecule has 2 heterocycles. The van der Waals surface area contributed by atoms with Gasteiger partial charge >= 0.3 is 12.1 Å². The fourth-order valence-electron chi connectivity index (χ4n) is 1.58. The van der Waals surface area contributed by atoms with E-state index in [2.05, 4.69) is 10.6 Å². The van der Waals surface area contributed by atoms with E-state index < -0.39 is 39.9 Å². The van der Waals surface area contributed by atoms with E-state index in [4.69, 9.17) is 0 Å². The molecule has 2 aliphatic rings. The molecule has 22 heavy (non-hydrogen) atoms. The normalized spacial score (nSPS) is 17.0. The minimum absolute atomic E-state index is 0.339. The lowest BCUT2D eigenvalue weighted by Crippen LogP contribution is -2.54. The summed E-state index contributed by atoms with van der Waals surface area (Å²) in [5, 5.41) is 4.31. The highest BCUT2D eigenvalue weighted by Gasteiger charge is 2.33. The number of carbonyl (C=O) groups is 6. The van der Waals surface area contributed by atoms with Crippen LogP contribution in [-0.4, -0.2) is 49.7 Å². The Morgan fingerprint density at radius 2 is 1.05 bits per heavy atom. The van der Waals surface area contributed by atoms with Crippen molar-refractivity contribution in [3.63, 3.8) is 0 Å². The number of carbonyl (C=O) groups excluding carboxylic acids is 6. The smallest absolute Gasteiger partial charge is 0.308 e. The number of amides is 8. The molecule has 0 atom stereocenters. The molecule has 2 N–H and O–H groups in total. The first-order chi connectivity index (χ1) is 10.3. The molecule has 0 aliphatic carbocycles. The Kier molecular flexibility index (Phi) is 4.35. The Balaban J connectivity index is 1.92. The van der Waals surface area contributed by atoms with Gasteiger partial charge in [0, 0.05) is 24.3 Å². The highest BCUT2D eigenvalue weighted by atomic mass is 127. The molecule has 114 valence electrons. The van der Waals surface area contributed by atoms with Gasteiger partial charge in [-0.15, -0.1) is 0 Å². The van der Waals surface area contributed by atoms with Crippen LogP contribution in [0.5, 0.6) is 0 Å². The molecule has 0 radical (unpaired) electrons. The van der Waals surface area contributed by atoms with Gasteiger partial charge in [0.1, 0.15) is 0 Å². The monoisotopic (exact) mass is 418 g/mol. The van der Waals surface area contributed by atoms with Gasteiger partial charge < -0.3 is 10.6 Å². The number of imide groups is 6. The van der Waals surface area contributed by atoms with Gasteiger partial charge in [-0.1, -0.05) is 0 Å². The van der Waals surface area contributed by atoms with Gasteiger partial charge in [-0.2, -0.15) is 9.80 Å². The summed E-state index contributed by atoms with van der Waals surface area (Å²) < 4.78 is -1.07. The van der Waals surface area contributed by atoms with Crippen molar-refractivity contribution in [1.82, 2.24) is 20.4 Å². The third kappa shape index (κ3) is 3.03. The summed E-state index contributed by atoms with van der Waals surface area (Å²) in [6, 6.07) is -2.09. The molecule has 11 heteroatoms. The van der Waals surface area contributed by atoms with E-state index in [0.717, 1.165) is 24.3 Å². The van der Waals surface area contributed by atoms with Crippen molar-refractivity contribution in [2.45, 2.75) is 4.17 Å². The molecule has 0 saturated heterocycles. The van der Waals surface area contributed by atoms with E-state index in [0.29, 0.717) is 9.80 Å². The predicted molar refractivity (Wildman–Crippen MR) is 76.9 cm³/mol. The first-order valence-electron chi connectivity index (χ1n) is 5.68. The lowest BCUT2D eigenvalue weighted by atomic mass is 10.6. The van der Waals surface area contributed by atoms with E-state index in [9.17, 15) is 28.8 Å². The Morgan fingerprint density at radius 3 is 1.32 bits per heavy atom. The van der Waals surface area contributed by atoms with Crippen LogP contribution in [0.1, 0.15) is 0 Å². The number of urea groups is 2. The minimum Gasteiger partial charge on any atom is -0.308 e. The van der Waals surface area contributed by atoms with Gasteiger partial charge in [0.2, 0.25) is 0 Å². The number of hydrogen-bond donors (Lipinski definition) is 2. The zero-order valence-corrected chi connectivity index (χ0v) is 12.8. The molecule has 0 fully saturated rings. The largest absolute Gasteiger partial charge is 0.333 e. The maximum atomic E-state index is 11.7. The van der Waals surface area contributed by atoms with Gasteiger partial charge in [0.25, 0.3) is 23.6 Å². The Bertz CT molecular complexity index is 577. The summed E-state index contributed by atoms with van der Waals surface area (Å²) in [5.41, 5.74) is 0. The van der Waals surface area contributed by atoms with Gasteiger partial charge in [-0.3, -0.25) is 19.2 Å². The van der Waals surface area contributed by atoms with Crippen molar-refractivity contribution < 1.29 is 28.8 Å². The van der Waals surface area contributed by atoms with Crippen LogP contribution in [0.15, 0.2) is 24.3 Å². The lowest BCUT2D eigenvalue weighted by Gasteiger charge is -2.20. The zero-order chi connectivity index (χ0) is 16.4. The minimum atomic E-state index is -1.07. The summed E-state index contributed by atoms with van der Waals surface area (Å²) in [7, 11) is 0. The summed E-state index contributed by atoms with van der Waals surface area (Å²) in [6.07, 6.45) is 3.71. The first-order valence-corrected chi connectivity index (χ1v) is 6.93. The number of rotatable bonds is 2. The highest BCUT2D eigenvalue weighted by molar-refractivity contribution is 14.1. The molecule has 2 rings (SSSR count). The Hall–Kier alpha value is -2.57. The number of halogens is 1. The predicted octanol–water partition coefficient (Wildman–Crippen LogP) is -1.03. The topological polar surface area (TPSA) is 133 Å². The molecule has 10 nitrogen and oxygen atoms in total. The average molecular weight is 418 g/mol. The van der Waals surface area contributed by atoms with Crippen LogP contribution in [-0.2, 0) is 19.2 Å². The fraction of sp³-hybridized carbons (Fsp3) is 0.0909. The summed E-state index contributed by atoms with van der Waals surface area (Å²) >= 11 is 1.57. The van der Waals surface area contributed by atoms with Crippen LogP contribution in [0.25, 0.3) is 0 Å². The Morgan fingerprint density at radius 1 is 0.773 bits per heavy atom. The van der Waals surface area contributed by atoms with Gasteiger partial charge in [-0.25, -0.2) is 9.59 Å². The summed E-state index contributed by atoms with van der Waals surface area (Å²) in [5.74, 6) is -3.25. The van der Waals surface area contributed by atoms with Crippen molar-refractivity contribution in [2.75, 3.05) is 0 Å². The molecule has 0 bridgehead atoms. The van der Waals surface area contributed by atoms with E-state index >= 15 is 0 Å². The molecule has 0 saturated carbocycles. The number of nitrogens with zero attached hydrogens (tertiary/aromatic N) is 2. The van der Waals surface area contributed by atoms with Crippen LogP contribution in [0.2, 0.25) is 0 Å². The van der Waals surface area contributed by atoms with Crippen molar-refractivity contribution in [3.05, 3.63) is 24.3 Å². The van der Waals surface area contributed by atoms with Crippen LogP contribution < -0.4 is 10.6 Å².